The van der Waals surface area contributed by atoms with E-state index in [1.165, 1.54) is 11.1 Å². The van der Waals surface area contributed by atoms with Gasteiger partial charge in [-0.3, -0.25) is 0 Å². The maximum Gasteiger partial charge on any atom is 0.0178 e. The summed E-state index contributed by atoms with van der Waals surface area (Å²) in [5, 5.41) is 0. The van der Waals surface area contributed by atoms with Crippen molar-refractivity contribution in [1.29, 1.82) is 0 Å². The quantitative estimate of drug-likeness (QED) is 0.863. The molecule has 1 aromatic carbocycles. The van der Waals surface area contributed by atoms with E-state index in [0.717, 1.165) is 30.3 Å². The van der Waals surface area contributed by atoms with E-state index >= 15 is 0 Å². The zero-order valence-electron chi connectivity index (χ0n) is 8.02. The molecule has 1 aromatic rings. The van der Waals surface area contributed by atoms with Crippen molar-refractivity contribution in [2.75, 3.05) is 6.54 Å². The predicted molar refractivity (Wildman–Crippen MR) is 60.9 cm³/mol. The lowest BCUT2D eigenvalue weighted by atomic mass is 10.0. The van der Waals surface area contributed by atoms with Crippen LogP contribution in [0.15, 0.2) is 22.7 Å². The van der Waals surface area contributed by atoms with Crippen LogP contribution in [0.25, 0.3) is 0 Å². The third-order valence-electron chi connectivity index (χ3n) is 2.20. The van der Waals surface area contributed by atoms with Gasteiger partial charge in [0.25, 0.3) is 0 Å². The van der Waals surface area contributed by atoms with E-state index in [-0.39, 0.29) is 0 Å². The Bertz CT molecular complexity index is 271. The van der Waals surface area contributed by atoms with E-state index in [4.69, 9.17) is 5.73 Å². The predicted octanol–water partition coefficient (Wildman–Crippen LogP) is 2.90. The van der Waals surface area contributed by atoms with Crippen molar-refractivity contribution >= 4 is 15.9 Å². The van der Waals surface area contributed by atoms with Crippen LogP contribution in [-0.4, -0.2) is 6.54 Å². The van der Waals surface area contributed by atoms with Gasteiger partial charge >= 0.3 is 0 Å². The molecule has 0 unspecified atom stereocenters. The second kappa shape index (κ2) is 5.40. The van der Waals surface area contributed by atoms with E-state index in [2.05, 4.69) is 41.1 Å². The molecule has 0 radical (unpaired) electrons. The molecular weight excluding hydrogens is 226 g/mol. The number of benzene rings is 1. The molecule has 0 aliphatic carbocycles. The van der Waals surface area contributed by atoms with Crippen molar-refractivity contribution in [2.24, 2.45) is 5.73 Å². The molecule has 0 spiro atoms. The number of aryl methyl sites for hydroxylation is 2. The van der Waals surface area contributed by atoms with Crippen LogP contribution in [0, 0.1) is 0 Å². The average Bonchev–Trinajstić information content (AvgIpc) is 2.15. The first-order valence-electron chi connectivity index (χ1n) is 4.75. The van der Waals surface area contributed by atoms with Crippen LogP contribution in [0.3, 0.4) is 0 Å². The summed E-state index contributed by atoms with van der Waals surface area (Å²) >= 11 is 3.49. The van der Waals surface area contributed by atoms with Crippen molar-refractivity contribution in [3.8, 4) is 0 Å². The van der Waals surface area contributed by atoms with E-state index in [1.807, 2.05) is 0 Å². The van der Waals surface area contributed by atoms with Gasteiger partial charge in [0, 0.05) is 4.47 Å². The standard InChI is InChI=1S/C11H16BrN/c1-2-9-5-6-11(12)8-10(9)4-3-7-13/h5-6,8H,2-4,7,13H2,1H3. The zero-order valence-corrected chi connectivity index (χ0v) is 9.60. The fourth-order valence-electron chi connectivity index (χ4n) is 1.46. The second-order valence-corrected chi connectivity index (χ2v) is 4.07. The molecule has 2 N–H and O–H groups in total. The minimum absolute atomic E-state index is 0.773. The summed E-state index contributed by atoms with van der Waals surface area (Å²) in [5.41, 5.74) is 8.37. The Balaban J connectivity index is 2.81. The zero-order chi connectivity index (χ0) is 9.68. The maximum absolute atomic E-state index is 5.49. The topological polar surface area (TPSA) is 26.0 Å². The first-order valence-corrected chi connectivity index (χ1v) is 5.54. The summed E-state index contributed by atoms with van der Waals surface area (Å²) in [5.74, 6) is 0. The third-order valence-corrected chi connectivity index (χ3v) is 2.69. The molecule has 0 amide bonds. The molecule has 0 aliphatic heterocycles. The van der Waals surface area contributed by atoms with E-state index in [9.17, 15) is 0 Å². The van der Waals surface area contributed by atoms with Gasteiger partial charge in [0.2, 0.25) is 0 Å². The van der Waals surface area contributed by atoms with Gasteiger partial charge in [-0.05, 0) is 49.1 Å². The van der Waals surface area contributed by atoms with Crippen LogP contribution in [0.5, 0.6) is 0 Å². The smallest absolute Gasteiger partial charge is 0.0178 e. The van der Waals surface area contributed by atoms with Crippen molar-refractivity contribution in [3.05, 3.63) is 33.8 Å². The Morgan fingerprint density at radius 1 is 1.31 bits per heavy atom. The Morgan fingerprint density at radius 2 is 2.08 bits per heavy atom. The number of nitrogens with two attached hydrogens (primary N) is 1. The lowest BCUT2D eigenvalue weighted by molar-refractivity contribution is 0.822. The Labute approximate surface area is 88.5 Å². The third kappa shape index (κ3) is 3.12. The summed E-state index contributed by atoms with van der Waals surface area (Å²) in [4.78, 5) is 0. The molecule has 0 saturated heterocycles. The molecular formula is C11H16BrN. The Kier molecular flexibility index (Phi) is 4.46. The van der Waals surface area contributed by atoms with Crippen molar-refractivity contribution in [3.63, 3.8) is 0 Å². The van der Waals surface area contributed by atoms with Crippen LogP contribution in [0.4, 0.5) is 0 Å². The van der Waals surface area contributed by atoms with E-state index in [1.54, 1.807) is 0 Å². The first-order chi connectivity index (χ1) is 6.27. The van der Waals surface area contributed by atoms with Crippen LogP contribution in [-0.2, 0) is 12.8 Å². The van der Waals surface area contributed by atoms with E-state index in [0.29, 0.717) is 0 Å². The Morgan fingerprint density at radius 3 is 2.69 bits per heavy atom. The van der Waals surface area contributed by atoms with Gasteiger partial charge in [-0.1, -0.05) is 28.9 Å². The first kappa shape index (κ1) is 10.7. The number of halogens is 1. The fourth-order valence-corrected chi connectivity index (χ4v) is 1.87. The van der Waals surface area contributed by atoms with Gasteiger partial charge in [-0.25, -0.2) is 0 Å². The largest absolute Gasteiger partial charge is 0.330 e. The highest BCUT2D eigenvalue weighted by Crippen LogP contribution is 2.18. The SMILES string of the molecule is CCc1ccc(Br)cc1CCCN. The molecule has 1 nitrogen and oxygen atoms in total. The van der Waals surface area contributed by atoms with Crippen LogP contribution < -0.4 is 5.73 Å². The highest BCUT2D eigenvalue weighted by molar-refractivity contribution is 9.10. The summed E-state index contributed by atoms with van der Waals surface area (Å²) in [6.07, 6.45) is 3.27. The van der Waals surface area contributed by atoms with Crippen molar-refractivity contribution in [2.45, 2.75) is 26.2 Å². The fraction of sp³-hybridized carbons (Fsp3) is 0.455. The van der Waals surface area contributed by atoms with Gasteiger partial charge in [0.15, 0.2) is 0 Å². The maximum atomic E-state index is 5.49. The number of hydrogen-bond acceptors (Lipinski definition) is 1. The minimum Gasteiger partial charge on any atom is -0.330 e. The summed E-state index contributed by atoms with van der Waals surface area (Å²) < 4.78 is 1.16. The molecule has 0 bridgehead atoms. The van der Waals surface area contributed by atoms with Gasteiger partial charge in [0.1, 0.15) is 0 Å². The molecule has 1 rings (SSSR count). The summed E-state index contributed by atoms with van der Waals surface area (Å²) in [6, 6.07) is 6.50. The average molecular weight is 242 g/mol. The molecule has 0 heterocycles. The normalized spacial score (nSPS) is 10.4. The van der Waals surface area contributed by atoms with E-state index < -0.39 is 0 Å². The molecule has 13 heavy (non-hydrogen) atoms. The van der Waals surface area contributed by atoms with Crippen LogP contribution in [0.2, 0.25) is 0 Å². The number of rotatable bonds is 4. The molecule has 0 aliphatic rings. The van der Waals surface area contributed by atoms with Gasteiger partial charge in [0.05, 0.1) is 0 Å². The van der Waals surface area contributed by atoms with Crippen LogP contribution in [0.1, 0.15) is 24.5 Å². The second-order valence-electron chi connectivity index (χ2n) is 3.16. The molecule has 2 heteroatoms. The van der Waals surface area contributed by atoms with Gasteiger partial charge < -0.3 is 5.73 Å². The highest BCUT2D eigenvalue weighted by Gasteiger charge is 2.00. The molecule has 0 fully saturated rings. The Hall–Kier alpha value is -0.340. The van der Waals surface area contributed by atoms with Crippen molar-refractivity contribution in [1.82, 2.24) is 0 Å². The summed E-state index contributed by atoms with van der Waals surface area (Å²) in [6.45, 7) is 2.96. The van der Waals surface area contributed by atoms with Gasteiger partial charge in [-0.15, -0.1) is 0 Å². The highest BCUT2D eigenvalue weighted by atomic mass is 79.9. The monoisotopic (exact) mass is 241 g/mol. The number of hydrogen-bond donors (Lipinski definition) is 1. The lowest BCUT2D eigenvalue weighted by Crippen LogP contribution is -2.02. The van der Waals surface area contributed by atoms with Crippen LogP contribution >= 0.6 is 15.9 Å². The van der Waals surface area contributed by atoms with Gasteiger partial charge in [-0.2, -0.15) is 0 Å². The molecule has 0 saturated carbocycles. The summed E-state index contributed by atoms with van der Waals surface area (Å²) in [7, 11) is 0. The van der Waals surface area contributed by atoms with Crippen molar-refractivity contribution < 1.29 is 0 Å². The molecule has 72 valence electrons. The molecule has 0 atom stereocenters. The minimum atomic E-state index is 0.773. The lowest BCUT2D eigenvalue weighted by Gasteiger charge is -2.07. The molecule has 0 aromatic heterocycles.